The zero-order valence-electron chi connectivity index (χ0n) is 12.0. The summed E-state index contributed by atoms with van der Waals surface area (Å²) < 4.78 is 0. The second-order valence-corrected chi connectivity index (χ2v) is 5.49. The molecule has 4 heteroatoms. The summed E-state index contributed by atoms with van der Waals surface area (Å²) in [5.74, 6) is 0.148. The minimum atomic E-state index is 0.148. The standard InChI is InChI=1S/C15H23N3O/c1-12-10-16-7-8-18(12)15(19)14-6-4-5-13(9-14)11-17(2)3/h4-6,9,12,16H,7-8,10-11H2,1-3H3/t12-/m0/s1. The Labute approximate surface area is 115 Å². The molecular formula is C15H23N3O. The zero-order chi connectivity index (χ0) is 13.8. The number of piperazine rings is 1. The maximum Gasteiger partial charge on any atom is 0.254 e. The van der Waals surface area contributed by atoms with E-state index >= 15 is 0 Å². The summed E-state index contributed by atoms with van der Waals surface area (Å²) in [6, 6.07) is 8.23. The molecule has 1 aromatic rings. The number of amides is 1. The van der Waals surface area contributed by atoms with E-state index < -0.39 is 0 Å². The quantitative estimate of drug-likeness (QED) is 0.887. The fourth-order valence-corrected chi connectivity index (χ4v) is 2.48. The van der Waals surface area contributed by atoms with Crippen molar-refractivity contribution >= 4 is 5.91 Å². The Kier molecular flexibility index (Phi) is 4.56. The van der Waals surface area contributed by atoms with Gasteiger partial charge in [-0.05, 0) is 38.7 Å². The Morgan fingerprint density at radius 3 is 2.95 bits per heavy atom. The molecule has 1 fully saturated rings. The predicted molar refractivity (Wildman–Crippen MR) is 77.2 cm³/mol. The van der Waals surface area contributed by atoms with E-state index in [4.69, 9.17) is 0 Å². The van der Waals surface area contributed by atoms with Gasteiger partial charge in [-0.25, -0.2) is 0 Å². The average molecular weight is 261 g/mol. The maximum atomic E-state index is 12.5. The highest BCUT2D eigenvalue weighted by atomic mass is 16.2. The Morgan fingerprint density at radius 1 is 1.47 bits per heavy atom. The van der Waals surface area contributed by atoms with Gasteiger partial charge in [-0.1, -0.05) is 12.1 Å². The van der Waals surface area contributed by atoms with Gasteiger partial charge in [-0.3, -0.25) is 4.79 Å². The van der Waals surface area contributed by atoms with Gasteiger partial charge in [0.05, 0.1) is 0 Å². The van der Waals surface area contributed by atoms with E-state index in [9.17, 15) is 4.79 Å². The Balaban J connectivity index is 2.14. The van der Waals surface area contributed by atoms with Crippen molar-refractivity contribution < 1.29 is 4.79 Å². The van der Waals surface area contributed by atoms with Crippen molar-refractivity contribution in [2.24, 2.45) is 0 Å². The molecule has 0 bridgehead atoms. The first-order valence-corrected chi connectivity index (χ1v) is 6.83. The van der Waals surface area contributed by atoms with Crippen LogP contribution in [-0.2, 0) is 6.54 Å². The summed E-state index contributed by atoms with van der Waals surface area (Å²) in [5.41, 5.74) is 1.98. The van der Waals surface area contributed by atoms with Gasteiger partial charge in [0.15, 0.2) is 0 Å². The van der Waals surface area contributed by atoms with Gasteiger partial charge in [-0.2, -0.15) is 0 Å². The molecule has 0 radical (unpaired) electrons. The van der Waals surface area contributed by atoms with Crippen molar-refractivity contribution in [3.63, 3.8) is 0 Å². The van der Waals surface area contributed by atoms with Crippen molar-refractivity contribution in [3.8, 4) is 0 Å². The minimum absolute atomic E-state index is 0.148. The molecule has 104 valence electrons. The van der Waals surface area contributed by atoms with Crippen LogP contribution in [0.25, 0.3) is 0 Å². The van der Waals surface area contributed by atoms with Crippen LogP contribution < -0.4 is 5.32 Å². The van der Waals surface area contributed by atoms with Crippen molar-refractivity contribution in [1.82, 2.24) is 15.1 Å². The summed E-state index contributed by atoms with van der Waals surface area (Å²) in [6.45, 7) is 5.50. The molecule has 1 aromatic carbocycles. The van der Waals surface area contributed by atoms with Crippen LogP contribution >= 0.6 is 0 Å². The molecule has 0 aromatic heterocycles. The van der Waals surface area contributed by atoms with E-state index in [1.165, 1.54) is 5.56 Å². The molecule has 1 aliphatic rings. The van der Waals surface area contributed by atoms with E-state index in [2.05, 4.69) is 23.2 Å². The first-order valence-electron chi connectivity index (χ1n) is 6.83. The fourth-order valence-electron chi connectivity index (χ4n) is 2.48. The number of hydrogen-bond acceptors (Lipinski definition) is 3. The van der Waals surface area contributed by atoms with Gasteiger partial charge >= 0.3 is 0 Å². The molecule has 1 atom stereocenters. The van der Waals surface area contributed by atoms with Crippen LogP contribution in [0.4, 0.5) is 0 Å². The van der Waals surface area contributed by atoms with Crippen LogP contribution in [0.15, 0.2) is 24.3 Å². The highest BCUT2D eigenvalue weighted by molar-refractivity contribution is 5.94. The first-order chi connectivity index (χ1) is 9.08. The van der Waals surface area contributed by atoms with E-state index in [0.29, 0.717) is 0 Å². The summed E-state index contributed by atoms with van der Waals surface area (Å²) in [5, 5.41) is 3.31. The normalized spacial score (nSPS) is 19.8. The van der Waals surface area contributed by atoms with Gasteiger partial charge in [-0.15, -0.1) is 0 Å². The van der Waals surface area contributed by atoms with Crippen LogP contribution in [0.2, 0.25) is 0 Å². The fraction of sp³-hybridized carbons (Fsp3) is 0.533. The lowest BCUT2D eigenvalue weighted by molar-refractivity contribution is 0.0655. The number of hydrogen-bond donors (Lipinski definition) is 1. The maximum absolute atomic E-state index is 12.5. The Morgan fingerprint density at radius 2 is 2.26 bits per heavy atom. The SMILES string of the molecule is C[C@H]1CNCCN1C(=O)c1cccc(CN(C)C)c1. The van der Waals surface area contributed by atoms with Gasteiger partial charge in [0.1, 0.15) is 0 Å². The monoisotopic (exact) mass is 261 g/mol. The van der Waals surface area contributed by atoms with Gasteiger partial charge in [0.25, 0.3) is 5.91 Å². The van der Waals surface area contributed by atoms with Gasteiger partial charge in [0.2, 0.25) is 0 Å². The third kappa shape index (κ3) is 3.55. The second-order valence-electron chi connectivity index (χ2n) is 5.49. The highest BCUT2D eigenvalue weighted by Gasteiger charge is 2.23. The van der Waals surface area contributed by atoms with E-state index in [0.717, 1.165) is 31.7 Å². The third-order valence-electron chi connectivity index (χ3n) is 3.43. The minimum Gasteiger partial charge on any atom is -0.333 e. The van der Waals surface area contributed by atoms with E-state index in [1.807, 2.05) is 37.2 Å². The lowest BCUT2D eigenvalue weighted by Gasteiger charge is -2.34. The van der Waals surface area contributed by atoms with E-state index in [1.54, 1.807) is 0 Å². The van der Waals surface area contributed by atoms with Crippen LogP contribution in [-0.4, -0.2) is 55.5 Å². The molecule has 0 saturated carbocycles. The molecule has 4 nitrogen and oxygen atoms in total. The number of nitrogens with zero attached hydrogens (tertiary/aromatic N) is 2. The summed E-state index contributed by atoms with van der Waals surface area (Å²) in [6.07, 6.45) is 0. The van der Waals surface area contributed by atoms with Crippen LogP contribution in [0.3, 0.4) is 0 Å². The smallest absolute Gasteiger partial charge is 0.254 e. The number of benzene rings is 1. The molecule has 0 aliphatic carbocycles. The first kappa shape index (κ1) is 14.0. The third-order valence-corrected chi connectivity index (χ3v) is 3.43. The van der Waals surface area contributed by atoms with Crippen LogP contribution in [0, 0.1) is 0 Å². The molecule has 1 N–H and O–H groups in total. The predicted octanol–water partition coefficient (Wildman–Crippen LogP) is 1.18. The molecule has 0 spiro atoms. The molecule has 1 saturated heterocycles. The number of carbonyl (C=O) groups excluding carboxylic acids is 1. The molecule has 1 amide bonds. The molecule has 1 heterocycles. The zero-order valence-corrected chi connectivity index (χ0v) is 12.0. The van der Waals surface area contributed by atoms with Crippen LogP contribution in [0.1, 0.15) is 22.8 Å². The van der Waals surface area contributed by atoms with Crippen molar-refractivity contribution in [2.75, 3.05) is 33.7 Å². The number of rotatable bonds is 3. The molecule has 2 rings (SSSR count). The van der Waals surface area contributed by atoms with E-state index in [-0.39, 0.29) is 11.9 Å². The lowest BCUT2D eigenvalue weighted by atomic mass is 10.1. The molecule has 1 aliphatic heterocycles. The molecular weight excluding hydrogens is 238 g/mol. The van der Waals surface area contributed by atoms with Crippen molar-refractivity contribution in [1.29, 1.82) is 0 Å². The summed E-state index contributed by atoms with van der Waals surface area (Å²) in [7, 11) is 4.07. The highest BCUT2D eigenvalue weighted by Crippen LogP contribution is 2.13. The van der Waals surface area contributed by atoms with Crippen molar-refractivity contribution in [2.45, 2.75) is 19.5 Å². The lowest BCUT2D eigenvalue weighted by Crippen LogP contribution is -2.52. The van der Waals surface area contributed by atoms with Gasteiger partial charge < -0.3 is 15.1 Å². The van der Waals surface area contributed by atoms with Crippen molar-refractivity contribution in [3.05, 3.63) is 35.4 Å². The Hall–Kier alpha value is -1.39. The summed E-state index contributed by atoms with van der Waals surface area (Å²) >= 11 is 0. The number of nitrogens with one attached hydrogen (secondary N) is 1. The molecule has 0 unspecified atom stereocenters. The summed E-state index contributed by atoms with van der Waals surface area (Å²) in [4.78, 5) is 16.6. The largest absolute Gasteiger partial charge is 0.333 e. The number of carbonyl (C=O) groups is 1. The topological polar surface area (TPSA) is 35.6 Å². The average Bonchev–Trinajstić information content (AvgIpc) is 2.38. The molecule has 19 heavy (non-hydrogen) atoms. The van der Waals surface area contributed by atoms with Crippen LogP contribution in [0.5, 0.6) is 0 Å². The Bertz CT molecular complexity index is 445. The second kappa shape index (κ2) is 6.17. The van der Waals surface area contributed by atoms with Gasteiger partial charge in [0, 0.05) is 37.8 Å².